The van der Waals surface area contributed by atoms with Gasteiger partial charge in [-0.15, -0.1) is 0 Å². The zero-order valence-corrected chi connectivity index (χ0v) is 7.88. The van der Waals surface area contributed by atoms with Gasteiger partial charge in [0.1, 0.15) is 5.02 Å². The van der Waals surface area contributed by atoms with Crippen LogP contribution in [0, 0.1) is 0 Å². The van der Waals surface area contributed by atoms with Gasteiger partial charge in [0.2, 0.25) is 0 Å². The molecule has 6 heteroatoms. The van der Waals surface area contributed by atoms with Gasteiger partial charge in [0.25, 0.3) is 5.56 Å². The highest BCUT2D eigenvalue weighted by Gasteiger charge is 2.08. The summed E-state index contributed by atoms with van der Waals surface area (Å²) in [6.07, 6.45) is 1.44. The van der Waals surface area contributed by atoms with Gasteiger partial charge in [-0.25, -0.2) is 5.10 Å². The Bertz CT molecular complexity index is 339. The third-order valence-electron chi connectivity index (χ3n) is 1.62. The Hall–Kier alpha value is -1.07. The van der Waals surface area contributed by atoms with Gasteiger partial charge in [-0.1, -0.05) is 11.6 Å². The molecule has 0 radical (unpaired) electrons. The van der Waals surface area contributed by atoms with E-state index >= 15 is 0 Å². The van der Waals surface area contributed by atoms with E-state index in [-0.39, 0.29) is 11.6 Å². The Kier molecular flexibility index (Phi) is 3.27. The molecule has 0 aliphatic carbocycles. The molecular weight excluding hydrogens is 194 g/mol. The molecule has 0 fully saturated rings. The highest BCUT2D eigenvalue weighted by Crippen LogP contribution is 2.17. The highest BCUT2D eigenvalue weighted by atomic mass is 35.5. The van der Waals surface area contributed by atoms with Gasteiger partial charge in [-0.2, -0.15) is 5.10 Å². The lowest BCUT2D eigenvalue weighted by atomic mass is 10.4. The van der Waals surface area contributed by atoms with E-state index in [1.165, 1.54) is 6.20 Å². The van der Waals surface area contributed by atoms with Crippen LogP contribution in [-0.4, -0.2) is 35.5 Å². The summed E-state index contributed by atoms with van der Waals surface area (Å²) in [7, 11) is 1.72. The minimum absolute atomic E-state index is 0.000369. The number of aliphatic hydroxyl groups is 1. The van der Waals surface area contributed by atoms with Gasteiger partial charge in [0.05, 0.1) is 18.5 Å². The number of aromatic nitrogens is 2. The standard InChI is InChI=1S/C7H10ClN3O2/c1-11(2-3-12)5-4-9-10-7(13)6(5)8/h4,12H,2-3H2,1H3,(H,10,13). The van der Waals surface area contributed by atoms with Gasteiger partial charge >= 0.3 is 0 Å². The Morgan fingerprint density at radius 3 is 3.08 bits per heavy atom. The van der Waals surface area contributed by atoms with Crippen molar-refractivity contribution in [3.8, 4) is 0 Å². The van der Waals surface area contributed by atoms with Crippen LogP contribution in [0.4, 0.5) is 5.69 Å². The van der Waals surface area contributed by atoms with Gasteiger partial charge in [-0.05, 0) is 0 Å². The van der Waals surface area contributed by atoms with Crippen LogP contribution in [0.5, 0.6) is 0 Å². The summed E-state index contributed by atoms with van der Waals surface area (Å²) in [6, 6.07) is 0. The average Bonchev–Trinajstić information content (AvgIpc) is 2.10. The van der Waals surface area contributed by atoms with Crippen molar-refractivity contribution in [3.05, 3.63) is 21.6 Å². The largest absolute Gasteiger partial charge is 0.395 e. The smallest absolute Gasteiger partial charge is 0.285 e. The zero-order valence-electron chi connectivity index (χ0n) is 7.12. The van der Waals surface area contributed by atoms with E-state index in [9.17, 15) is 4.79 Å². The number of anilines is 1. The molecule has 2 N–H and O–H groups in total. The highest BCUT2D eigenvalue weighted by molar-refractivity contribution is 6.32. The molecule has 0 aromatic carbocycles. The molecule has 1 heterocycles. The third kappa shape index (κ3) is 2.19. The van der Waals surface area contributed by atoms with Crippen molar-refractivity contribution in [1.82, 2.24) is 10.2 Å². The number of likely N-dealkylation sites (N-methyl/N-ethyl adjacent to an activating group) is 1. The Morgan fingerprint density at radius 1 is 1.77 bits per heavy atom. The number of H-pyrrole nitrogens is 1. The summed E-state index contributed by atoms with van der Waals surface area (Å²) in [5.74, 6) is 0. The fraction of sp³-hybridized carbons (Fsp3) is 0.429. The third-order valence-corrected chi connectivity index (χ3v) is 1.99. The molecule has 1 rings (SSSR count). The van der Waals surface area contributed by atoms with E-state index in [2.05, 4.69) is 10.2 Å². The molecule has 1 aromatic heterocycles. The van der Waals surface area contributed by atoms with Crippen LogP contribution in [-0.2, 0) is 0 Å². The first-order chi connectivity index (χ1) is 6.16. The SMILES string of the molecule is CN(CCO)c1cn[nH]c(=O)c1Cl. The van der Waals surface area contributed by atoms with Gasteiger partial charge < -0.3 is 10.0 Å². The number of aromatic amines is 1. The number of nitrogens with zero attached hydrogens (tertiary/aromatic N) is 2. The van der Waals surface area contributed by atoms with Crippen LogP contribution in [0.2, 0.25) is 5.02 Å². The molecule has 0 aliphatic heterocycles. The molecule has 0 saturated heterocycles. The van der Waals surface area contributed by atoms with Crippen LogP contribution >= 0.6 is 11.6 Å². The fourth-order valence-corrected chi connectivity index (χ4v) is 1.15. The van der Waals surface area contributed by atoms with Crippen LogP contribution in [0.15, 0.2) is 11.0 Å². The summed E-state index contributed by atoms with van der Waals surface area (Å²) < 4.78 is 0. The Balaban J connectivity index is 3.00. The predicted molar refractivity (Wildman–Crippen MR) is 50.2 cm³/mol. The van der Waals surface area contributed by atoms with Crippen LogP contribution in [0.3, 0.4) is 0 Å². The lowest BCUT2D eigenvalue weighted by Gasteiger charge is -2.17. The zero-order chi connectivity index (χ0) is 9.84. The van der Waals surface area contributed by atoms with Crippen molar-refractivity contribution < 1.29 is 5.11 Å². The lowest BCUT2D eigenvalue weighted by Crippen LogP contribution is -2.24. The molecule has 13 heavy (non-hydrogen) atoms. The summed E-state index contributed by atoms with van der Waals surface area (Å²) in [5, 5.41) is 14.6. The first kappa shape index (κ1) is 10.0. The predicted octanol–water partition coefficient (Wildman–Crippen LogP) is -0.148. The van der Waals surface area contributed by atoms with E-state index in [1.54, 1.807) is 11.9 Å². The molecule has 0 atom stereocenters. The molecule has 0 spiro atoms. The Morgan fingerprint density at radius 2 is 2.46 bits per heavy atom. The maximum Gasteiger partial charge on any atom is 0.285 e. The summed E-state index contributed by atoms with van der Waals surface area (Å²) >= 11 is 5.72. The topological polar surface area (TPSA) is 69.2 Å². The number of hydrogen-bond donors (Lipinski definition) is 2. The van der Waals surface area contributed by atoms with Gasteiger partial charge in [0.15, 0.2) is 0 Å². The average molecular weight is 204 g/mol. The van der Waals surface area contributed by atoms with E-state index in [0.717, 1.165) is 0 Å². The summed E-state index contributed by atoms with van der Waals surface area (Å²) in [5.41, 5.74) is 0.0865. The number of hydrogen-bond acceptors (Lipinski definition) is 4. The first-order valence-corrected chi connectivity index (χ1v) is 4.09. The molecular formula is C7H10ClN3O2. The van der Waals surface area contributed by atoms with Gasteiger partial charge in [-0.3, -0.25) is 4.79 Å². The van der Waals surface area contributed by atoms with Crippen LogP contribution in [0.1, 0.15) is 0 Å². The maximum atomic E-state index is 11.0. The molecule has 0 amide bonds. The molecule has 72 valence electrons. The molecule has 0 bridgehead atoms. The lowest BCUT2D eigenvalue weighted by molar-refractivity contribution is 0.304. The molecule has 0 unspecified atom stereocenters. The van der Waals surface area contributed by atoms with Crippen LogP contribution < -0.4 is 10.5 Å². The minimum atomic E-state index is -0.427. The molecule has 5 nitrogen and oxygen atoms in total. The van der Waals surface area contributed by atoms with Crippen molar-refractivity contribution >= 4 is 17.3 Å². The normalized spacial score (nSPS) is 10.1. The van der Waals surface area contributed by atoms with Crippen molar-refractivity contribution in [3.63, 3.8) is 0 Å². The van der Waals surface area contributed by atoms with Crippen LogP contribution in [0.25, 0.3) is 0 Å². The maximum absolute atomic E-state index is 11.0. The Labute approximate surface area is 80.0 Å². The van der Waals surface area contributed by atoms with E-state index < -0.39 is 5.56 Å². The number of rotatable bonds is 3. The summed E-state index contributed by atoms with van der Waals surface area (Å²) in [4.78, 5) is 12.7. The second-order valence-electron chi connectivity index (χ2n) is 2.54. The quantitative estimate of drug-likeness (QED) is 0.717. The molecule has 1 aromatic rings. The van der Waals surface area contributed by atoms with E-state index in [1.807, 2.05) is 0 Å². The van der Waals surface area contributed by atoms with E-state index in [0.29, 0.717) is 12.2 Å². The number of nitrogens with one attached hydrogen (secondary N) is 1. The van der Waals surface area contributed by atoms with E-state index in [4.69, 9.17) is 16.7 Å². The van der Waals surface area contributed by atoms with Crippen molar-refractivity contribution in [1.29, 1.82) is 0 Å². The first-order valence-electron chi connectivity index (χ1n) is 3.72. The second kappa shape index (κ2) is 4.25. The van der Waals surface area contributed by atoms with Crippen molar-refractivity contribution in [2.24, 2.45) is 0 Å². The monoisotopic (exact) mass is 203 g/mol. The van der Waals surface area contributed by atoms with Gasteiger partial charge in [0, 0.05) is 13.6 Å². The molecule has 0 aliphatic rings. The van der Waals surface area contributed by atoms with Crippen molar-refractivity contribution in [2.75, 3.05) is 25.1 Å². The van der Waals surface area contributed by atoms with Crippen molar-refractivity contribution in [2.45, 2.75) is 0 Å². The number of halogens is 1. The second-order valence-corrected chi connectivity index (χ2v) is 2.92. The fourth-order valence-electron chi connectivity index (χ4n) is 0.911. The molecule has 0 saturated carbocycles. The number of aliphatic hydroxyl groups excluding tert-OH is 1. The minimum Gasteiger partial charge on any atom is -0.395 e. The summed E-state index contributed by atoms with van der Waals surface area (Å²) in [6.45, 7) is 0.407.